The van der Waals surface area contributed by atoms with Crippen molar-refractivity contribution < 1.29 is 28.8 Å². The summed E-state index contributed by atoms with van der Waals surface area (Å²) < 4.78 is 20.9. The van der Waals surface area contributed by atoms with Crippen molar-refractivity contribution in [3.05, 3.63) is 29.8 Å². The molecular weight excluding hydrogens is 276 g/mol. The Bertz CT molecular complexity index is 469. The average Bonchev–Trinajstić information content (AvgIpc) is 2.49. The van der Waals surface area contributed by atoms with Gasteiger partial charge in [0, 0.05) is 13.2 Å². The average molecular weight is 296 g/mol. The second-order valence-electron chi connectivity index (χ2n) is 4.04. The summed E-state index contributed by atoms with van der Waals surface area (Å²) in [7, 11) is 3.15. The highest BCUT2D eigenvalue weighted by atomic mass is 16.5. The van der Waals surface area contributed by atoms with Crippen molar-refractivity contribution in [3.63, 3.8) is 0 Å². The lowest BCUT2D eigenvalue weighted by Gasteiger charge is -2.11. The number of benzene rings is 1. The van der Waals surface area contributed by atoms with Gasteiger partial charge in [-0.2, -0.15) is 0 Å². The van der Waals surface area contributed by atoms with Crippen molar-refractivity contribution in [1.29, 1.82) is 0 Å². The van der Waals surface area contributed by atoms with E-state index >= 15 is 0 Å². The highest BCUT2D eigenvalue weighted by molar-refractivity contribution is 5.85. The minimum absolute atomic E-state index is 0.393. The number of hydrogen-bond donors (Lipinski definition) is 1. The standard InChI is InChI=1S/C15H20O6/c1-18-7-8-20-9-10-21-13-5-3-12(4-6-15(16)17)11-14(13)19-2/h3-6,11H,7-10H2,1-2H3,(H,16,17). The summed E-state index contributed by atoms with van der Waals surface area (Å²) in [5.74, 6) is 0.127. The van der Waals surface area contributed by atoms with Crippen molar-refractivity contribution in [1.82, 2.24) is 0 Å². The van der Waals surface area contributed by atoms with Gasteiger partial charge in [0.1, 0.15) is 6.61 Å². The fraction of sp³-hybridized carbons (Fsp3) is 0.400. The van der Waals surface area contributed by atoms with E-state index in [9.17, 15) is 4.79 Å². The second-order valence-corrected chi connectivity index (χ2v) is 4.04. The van der Waals surface area contributed by atoms with Crippen LogP contribution < -0.4 is 9.47 Å². The minimum Gasteiger partial charge on any atom is -0.493 e. The van der Waals surface area contributed by atoms with E-state index in [1.807, 2.05) is 0 Å². The van der Waals surface area contributed by atoms with E-state index in [0.29, 0.717) is 37.9 Å². The van der Waals surface area contributed by atoms with Crippen LogP contribution in [0.1, 0.15) is 5.56 Å². The van der Waals surface area contributed by atoms with Gasteiger partial charge in [0.25, 0.3) is 0 Å². The number of carboxylic acid groups (broad SMARTS) is 1. The Balaban J connectivity index is 2.52. The lowest BCUT2D eigenvalue weighted by atomic mass is 10.2. The lowest BCUT2D eigenvalue weighted by molar-refractivity contribution is -0.131. The van der Waals surface area contributed by atoms with E-state index in [1.54, 1.807) is 25.3 Å². The Hall–Kier alpha value is -2.05. The van der Waals surface area contributed by atoms with Gasteiger partial charge in [0.2, 0.25) is 0 Å². The third kappa shape index (κ3) is 6.78. The molecule has 0 amide bonds. The van der Waals surface area contributed by atoms with Crippen LogP contribution in [0.25, 0.3) is 6.08 Å². The first-order valence-electron chi connectivity index (χ1n) is 6.46. The van der Waals surface area contributed by atoms with Crippen LogP contribution in [0.2, 0.25) is 0 Å². The summed E-state index contributed by atoms with van der Waals surface area (Å²) >= 11 is 0. The number of ether oxygens (including phenoxy) is 4. The van der Waals surface area contributed by atoms with Crippen molar-refractivity contribution in [2.45, 2.75) is 0 Å². The lowest BCUT2D eigenvalue weighted by Crippen LogP contribution is -2.10. The van der Waals surface area contributed by atoms with E-state index in [4.69, 9.17) is 24.1 Å². The minimum atomic E-state index is -0.998. The largest absolute Gasteiger partial charge is 0.493 e. The third-order valence-corrected chi connectivity index (χ3v) is 2.52. The summed E-state index contributed by atoms with van der Waals surface area (Å²) in [6.45, 7) is 1.92. The number of rotatable bonds is 10. The maximum Gasteiger partial charge on any atom is 0.328 e. The second kappa shape index (κ2) is 9.79. The van der Waals surface area contributed by atoms with E-state index in [-0.39, 0.29) is 0 Å². The first kappa shape index (κ1) is 17.0. The molecule has 0 spiro atoms. The van der Waals surface area contributed by atoms with Crippen molar-refractivity contribution in [3.8, 4) is 11.5 Å². The van der Waals surface area contributed by atoms with E-state index in [0.717, 1.165) is 11.6 Å². The highest BCUT2D eigenvalue weighted by Gasteiger charge is 2.05. The number of methoxy groups -OCH3 is 2. The van der Waals surface area contributed by atoms with Crippen LogP contribution in [-0.4, -0.2) is 51.7 Å². The topological polar surface area (TPSA) is 74.2 Å². The summed E-state index contributed by atoms with van der Waals surface area (Å²) in [5.41, 5.74) is 0.720. The number of hydrogen-bond acceptors (Lipinski definition) is 5. The van der Waals surface area contributed by atoms with Gasteiger partial charge in [-0.1, -0.05) is 6.07 Å². The molecule has 0 fully saturated rings. The molecule has 0 saturated heterocycles. The van der Waals surface area contributed by atoms with Gasteiger partial charge in [-0.15, -0.1) is 0 Å². The van der Waals surface area contributed by atoms with Crippen molar-refractivity contribution in [2.24, 2.45) is 0 Å². The van der Waals surface area contributed by atoms with E-state index in [2.05, 4.69) is 0 Å². The molecule has 1 aromatic rings. The van der Waals surface area contributed by atoms with Crippen LogP contribution in [0.15, 0.2) is 24.3 Å². The van der Waals surface area contributed by atoms with Gasteiger partial charge >= 0.3 is 5.97 Å². The fourth-order valence-corrected chi connectivity index (χ4v) is 1.53. The zero-order valence-electron chi connectivity index (χ0n) is 12.2. The zero-order valence-corrected chi connectivity index (χ0v) is 12.2. The molecule has 0 aliphatic heterocycles. The van der Waals surface area contributed by atoms with Gasteiger partial charge in [0.05, 0.1) is 26.9 Å². The van der Waals surface area contributed by atoms with Crippen molar-refractivity contribution in [2.75, 3.05) is 40.6 Å². The van der Waals surface area contributed by atoms with Gasteiger partial charge in [0.15, 0.2) is 11.5 Å². The Morgan fingerprint density at radius 3 is 2.57 bits per heavy atom. The molecule has 116 valence electrons. The van der Waals surface area contributed by atoms with Crippen LogP contribution >= 0.6 is 0 Å². The molecule has 0 aromatic heterocycles. The van der Waals surface area contributed by atoms with Gasteiger partial charge in [-0.25, -0.2) is 4.79 Å². The first-order valence-corrected chi connectivity index (χ1v) is 6.46. The molecule has 0 saturated carbocycles. The maximum absolute atomic E-state index is 10.5. The van der Waals surface area contributed by atoms with E-state index in [1.165, 1.54) is 13.2 Å². The normalized spacial score (nSPS) is 10.8. The van der Waals surface area contributed by atoms with E-state index < -0.39 is 5.97 Å². The van der Waals surface area contributed by atoms with Gasteiger partial charge < -0.3 is 24.1 Å². The van der Waals surface area contributed by atoms with Crippen LogP contribution in [0.3, 0.4) is 0 Å². The van der Waals surface area contributed by atoms with Gasteiger partial charge in [-0.05, 0) is 23.8 Å². The first-order chi connectivity index (χ1) is 10.2. The molecule has 0 radical (unpaired) electrons. The molecule has 0 heterocycles. The molecule has 0 unspecified atom stereocenters. The SMILES string of the molecule is COCCOCCOc1ccc(C=CC(=O)O)cc1OC. The molecule has 1 aromatic carbocycles. The predicted molar refractivity (Wildman–Crippen MR) is 77.9 cm³/mol. The summed E-state index contributed by atoms with van der Waals surface area (Å²) in [5, 5.41) is 8.60. The summed E-state index contributed by atoms with van der Waals surface area (Å²) in [4.78, 5) is 10.5. The molecule has 21 heavy (non-hydrogen) atoms. The quantitative estimate of drug-likeness (QED) is 0.524. The van der Waals surface area contributed by atoms with Crippen LogP contribution in [0.4, 0.5) is 0 Å². The monoisotopic (exact) mass is 296 g/mol. The Kier molecular flexibility index (Phi) is 7.93. The molecular formula is C15H20O6. The number of carboxylic acids is 1. The fourth-order valence-electron chi connectivity index (χ4n) is 1.53. The molecule has 1 N–H and O–H groups in total. The van der Waals surface area contributed by atoms with Crippen LogP contribution in [0.5, 0.6) is 11.5 Å². The van der Waals surface area contributed by atoms with Crippen LogP contribution in [-0.2, 0) is 14.3 Å². The predicted octanol–water partition coefficient (Wildman–Crippen LogP) is 1.83. The molecule has 0 atom stereocenters. The highest BCUT2D eigenvalue weighted by Crippen LogP contribution is 2.28. The molecule has 6 heteroatoms. The Morgan fingerprint density at radius 2 is 1.90 bits per heavy atom. The molecule has 0 bridgehead atoms. The third-order valence-electron chi connectivity index (χ3n) is 2.52. The Labute approximate surface area is 123 Å². The van der Waals surface area contributed by atoms with Crippen molar-refractivity contribution >= 4 is 12.0 Å². The molecule has 0 aliphatic carbocycles. The summed E-state index contributed by atoms with van der Waals surface area (Å²) in [6, 6.07) is 5.19. The van der Waals surface area contributed by atoms with Crippen LogP contribution in [0, 0.1) is 0 Å². The summed E-state index contributed by atoms with van der Waals surface area (Å²) in [6.07, 6.45) is 2.56. The number of aliphatic carboxylic acids is 1. The molecule has 1 rings (SSSR count). The van der Waals surface area contributed by atoms with Gasteiger partial charge in [-0.3, -0.25) is 0 Å². The smallest absolute Gasteiger partial charge is 0.328 e. The maximum atomic E-state index is 10.5. The molecule has 0 aliphatic rings. The molecule has 6 nitrogen and oxygen atoms in total. The number of carbonyl (C=O) groups is 1. The zero-order chi connectivity index (χ0) is 15.5. The Morgan fingerprint density at radius 1 is 1.14 bits per heavy atom.